The van der Waals surface area contributed by atoms with Crippen LogP contribution in [-0.2, 0) is 10.2 Å². The van der Waals surface area contributed by atoms with Crippen LogP contribution in [0.25, 0.3) is 26.4 Å². The standard InChI is InChI=1S/C29H30F2N6O4S/c1-29(17-30,18-31)25-15-26(35-41-25)34-27(38)32-20-4-2-19(3-5-20)22-16-37-23-7-6-21(14-24(23)42-28(37)33-22)40-13-10-36-8-11-39-12-9-36/h2-7,14-16H,8-13,17-18H2,1H3,(H2,32,34,35,38). The lowest BCUT2D eigenvalue weighted by Crippen LogP contribution is -2.38. The summed E-state index contributed by atoms with van der Waals surface area (Å²) in [5.74, 6) is 0.923. The first-order valence-electron chi connectivity index (χ1n) is 13.6. The number of morpholine rings is 1. The Bertz CT molecular complexity index is 1670. The van der Waals surface area contributed by atoms with Crippen LogP contribution in [0.4, 0.5) is 25.1 Å². The summed E-state index contributed by atoms with van der Waals surface area (Å²) in [6, 6.07) is 14.1. The molecule has 0 spiro atoms. The van der Waals surface area contributed by atoms with Crippen molar-refractivity contribution in [2.75, 3.05) is 63.4 Å². The highest BCUT2D eigenvalue weighted by molar-refractivity contribution is 7.23. The van der Waals surface area contributed by atoms with E-state index in [1.54, 1.807) is 23.5 Å². The molecular weight excluding hydrogens is 566 g/mol. The molecule has 2 N–H and O–H groups in total. The smallest absolute Gasteiger partial charge is 0.324 e. The Labute approximate surface area is 244 Å². The number of ether oxygens (including phenoxy) is 2. The number of nitrogens with one attached hydrogen (secondary N) is 2. The van der Waals surface area contributed by atoms with Crippen LogP contribution < -0.4 is 15.4 Å². The Kier molecular flexibility index (Phi) is 8.05. The van der Waals surface area contributed by atoms with Crippen LogP contribution in [0.5, 0.6) is 5.75 Å². The second kappa shape index (κ2) is 12.0. The molecule has 1 aliphatic heterocycles. The molecule has 3 aromatic heterocycles. The molecule has 0 saturated carbocycles. The van der Waals surface area contributed by atoms with Crippen molar-refractivity contribution in [2.45, 2.75) is 12.3 Å². The van der Waals surface area contributed by atoms with Gasteiger partial charge in [0.05, 0.1) is 34.5 Å². The van der Waals surface area contributed by atoms with E-state index < -0.39 is 24.8 Å². The van der Waals surface area contributed by atoms with Gasteiger partial charge in [0.25, 0.3) is 0 Å². The molecule has 5 aromatic rings. The largest absolute Gasteiger partial charge is 0.492 e. The second-order valence-corrected chi connectivity index (χ2v) is 11.4. The Hall–Kier alpha value is -4.07. The van der Waals surface area contributed by atoms with Crippen LogP contribution in [0, 0.1) is 0 Å². The summed E-state index contributed by atoms with van der Waals surface area (Å²) in [5.41, 5.74) is 1.87. The molecule has 220 valence electrons. The van der Waals surface area contributed by atoms with Crippen molar-refractivity contribution in [3.05, 3.63) is 60.5 Å². The molecule has 4 heterocycles. The predicted octanol–water partition coefficient (Wildman–Crippen LogP) is 5.76. The molecule has 42 heavy (non-hydrogen) atoms. The third-order valence-corrected chi connectivity index (χ3v) is 8.24. The van der Waals surface area contributed by atoms with Crippen molar-refractivity contribution in [3.63, 3.8) is 0 Å². The SMILES string of the molecule is CC(CF)(CF)c1cc(NC(=O)Nc2ccc(-c3cn4c(n3)sc3cc(OCCN5CCOCC5)ccc34)cc2)no1. The van der Waals surface area contributed by atoms with Gasteiger partial charge in [-0.15, -0.1) is 0 Å². The number of thiazole rings is 1. The van der Waals surface area contributed by atoms with Gasteiger partial charge in [-0.05, 0) is 37.3 Å². The monoisotopic (exact) mass is 596 g/mol. The first kappa shape index (κ1) is 28.1. The van der Waals surface area contributed by atoms with Crippen molar-refractivity contribution in [1.82, 2.24) is 19.4 Å². The summed E-state index contributed by atoms with van der Waals surface area (Å²) in [6.07, 6.45) is 1.99. The van der Waals surface area contributed by atoms with Gasteiger partial charge in [-0.2, -0.15) is 0 Å². The molecule has 10 nitrogen and oxygen atoms in total. The number of imidazole rings is 1. The lowest BCUT2D eigenvalue weighted by molar-refractivity contribution is 0.0322. The minimum absolute atomic E-state index is 0.0214. The van der Waals surface area contributed by atoms with Crippen LogP contribution in [-0.4, -0.2) is 78.3 Å². The van der Waals surface area contributed by atoms with E-state index >= 15 is 0 Å². The summed E-state index contributed by atoms with van der Waals surface area (Å²) < 4.78 is 46.0. The van der Waals surface area contributed by atoms with Gasteiger partial charge in [0.1, 0.15) is 31.5 Å². The summed E-state index contributed by atoms with van der Waals surface area (Å²) in [5, 5.41) is 8.90. The molecule has 2 aromatic carbocycles. The summed E-state index contributed by atoms with van der Waals surface area (Å²) >= 11 is 1.60. The number of urea groups is 1. The third kappa shape index (κ3) is 5.94. The first-order valence-corrected chi connectivity index (χ1v) is 14.4. The zero-order valence-electron chi connectivity index (χ0n) is 22.9. The van der Waals surface area contributed by atoms with Crippen LogP contribution in [0.15, 0.2) is 59.3 Å². The van der Waals surface area contributed by atoms with Gasteiger partial charge >= 0.3 is 6.03 Å². The van der Waals surface area contributed by atoms with Crippen molar-refractivity contribution in [1.29, 1.82) is 0 Å². The topological polar surface area (TPSA) is 106 Å². The fourth-order valence-electron chi connectivity index (χ4n) is 4.62. The van der Waals surface area contributed by atoms with Gasteiger partial charge in [-0.1, -0.05) is 28.6 Å². The average molecular weight is 597 g/mol. The quantitative estimate of drug-likeness (QED) is 0.211. The number of hydrogen-bond donors (Lipinski definition) is 2. The highest BCUT2D eigenvalue weighted by Gasteiger charge is 2.32. The zero-order valence-corrected chi connectivity index (χ0v) is 23.8. The Morgan fingerprint density at radius 3 is 2.64 bits per heavy atom. The molecular formula is C29H30F2N6O4S. The second-order valence-electron chi connectivity index (χ2n) is 10.4. The highest BCUT2D eigenvalue weighted by Crippen LogP contribution is 2.32. The van der Waals surface area contributed by atoms with Crippen molar-refractivity contribution >= 4 is 44.1 Å². The number of carbonyl (C=O) groups excluding carboxylic acids is 1. The zero-order chi connectivity index (χ0) is 29.1. The van der Waals surface area contributed by atoms with E-state index in [1.165, 1.54) is 13.0 Å². The maximum Gasteiger partial charge on any atom is 0.324 e. The maximum atomic E-state index is 13.2. The fourth-order valence-corrected chi connectivity index (χ4v) is 5.65. The number of rotatable bonds is 10. The average Bonchev–Trinajstić information content (AvgIpc) is 3.73. The number of hydrogen-bond acceptors (Lipinski definition) is 8. The number of alkyl halides is 2. The molecule has 0 atom stereocenters. The molecule has 13 heteroatoms. The van der Waals surface area contributed by atoms with Crippen LogP contribution in [0.1, 0.15) is 12.7 Å². The van der Waals surface area contributed by atoms with Crippen molar-refractivity contribution in [2.24, 2.45) is 0 Å². The molecule has 0 unspecified atom stereocenters. The molecule has 0 radical (unpaired) electrons. The normalized spacial score (nSPS) is 14.5. The molecule has 0 aliphatic carbocycles. The number of nitrogens with zero attached hydrogens (tertiary/aromatic N) is 4. The van der Waals surface area contributed by atoms with Gasteiger partial charge < -0.3 is 19.3 Å². The number of carbonyl (C=O) groups is 1. The van der Waals surface area contributed by atoms with Gasteiger partial charge in [-0.3, -0.25) is 14.6 Å². The summed E-state index contributed by atoms with van der Waals surface area (Å²) in [7, 11) is 0. The highest BCUT2D eigenvalue weighted by atomic mass is 32.1. The number of anilines is 2. The van der Waals surface area contributed by atoms with Crippen LogP contribution in [0.2, 0.25) is 0 Å². The number of halogens is 2. The van der Waals surface area contributed by atoms with E-state index in [0.29, 0.717) is 12.3 Å². The summed E-state index contributed by atoms with van der Waals surface area (Å²) in [4.78, 5) is 20.4. The van der Waals surface area contributed by atoms with Crippen LogP contribution >= 0.6 is 11.3 Å². The summed E-state index contributed by atoms with van der Waals surface area (Å²) in [6.45, 7) is 4.43. The molecule has 1 fully saturated rings. The van der Waals surface area contributed by atoms with E-state index in [4.69, 9.17) is 19.0 Å². The molecule has 6 rings (SSSR count). The molecule has 1 aliphatic rings. The van der Waals surface area contributed by atoms with Crippen molar-refractivity contribution < 1.29 is 27.6 Å². The lowest BCUT2D eigenvalue weighted by atomic mass is 9.91. The van der Waals surface area contributed by atoms with Gasteiger partial charge in [-0.25, -0.2) is 18.6 Å². The third-order valence-electron chi connectivity index (χ3n) is 7.22. The van der Waals surface area contributed by atoms with Gasteiger partial charge in [0, 0.05) is 43.1 Å². The Balaban J connectivity index is 1.07. The lowest BCUT2D eigenvalue weighted by Gasteiger charge is -2.26. The predicted molar refractivity (Wildman–Crippen MR) is 157 cm³/mol. The molecule has 2 amide bonds. The first-order chi connectivity index (χ1) is 20.4. The van der Waals surface area contributed by atoms with Crippen LogP contribution in [0.3, 0.4) is 0 Å². The van der Waals surface area contributed by atoms with E-state index in [1.807, 2.05) is 30.5 Å². The fraction of sp³-hybridized carbons (Fsp3) is 0.345. The van der Waals surface area contributed by atoms with E-state index in [2.05, 4.69) is 31.2 Å². The number of fused-ring (bicyclic) bond motifs is 3. The number of aromatic nitrogens is 3. The molecule has 1 saturated heterocycles. The van der Waals surface area contributed by atoms with E-state index in [9.17, 15) is 13.6 Å². The Morgan fingerprint density at radius 1 is 1.10 bits per heavy atom. The minimum atomic E-state index is -1.44. The van der Waals surface area contributed by atoms with Gasteiger partial charge in [0.2, 0.25) is 0 Å². The Morgan fingerprint density at radius 2 is 1.88 bits per heavy atom. The van der Waals surface area contributed by atoms with Crippen molar-refractivity contribution in [3.8, 4) is 17.0 Å². The minimum Gasteiger partial charge on any atom is -0.492 e. The van der Waals surface area contributed by atoms with E-state index in [0.717, 1.165) is 65.0 Å². The maximum absolute atomic E-state index is 13.2. The number of amides is 2. The number of benzene rings is 2. The molecule has 0 bridgehead atoms. The van der Waals surface area contributed by atoms with Gasteiger partial charge in [0.15, 0.2) is 10.8 Å². The van der Waals surface area contributed by atoms with E-state index in [-0.39, 0.29) is 11.6 Å².